The maximum Gasteiger partial charge on any atom is 0.294 e. The van der Waals surface area contributed by atoms with Gasteiger partial charge in [0.15, 0.2) is 0 Å². The van der Waals surface area contributed by atoms with E-state index in [1.807, 2.05) is 6.07 Å². The molecule has 0 saturated heterocycles. The second-order valence-electron chi connectivity index (χ2n) is 5.65. The third-order valence-electron chi connectivity index (χ3n) is 3.70. The van der Waals surface area contributed by atoms with E-state index < -0.39 is 10.1 Å². The summed E-state index contributed by atoms with van der Waals surface area (Å²) in [5.74, 6) is 0.826. The molecule has 0 atom stereocenters. The molecule has 0 radical (unpaired) electrons. The number of unbranched alkanes of at least 4 members (excludes halogenated alkanes) is 3. The van der Waals surface area contributed by atoms with Crippen molar-refractivity contribution >= 4 is 10.1 Å². The first-order chi connectivity index (χ1) is 11.4. The van der Waals surface area contributed by atoms with Crippen molar-refractivity contribution in [2.45, 2.75) is 43.9 Å². The summed E-state index contributed by atoms with van der Waals surface area (Å²) in [6.45, 7) is 2.15. The van der Waals surface area contributed by atoms with Crippen LogP contribution in [-0.4, -0.2) is 18.1 Å². The minimum atomic E-state index is -4.28. The molecule has 2 aromatic carbocycles. The molecular weight excluding hydrogens is 328 g/mol. The highest BCUT2D eigenvalue weighted by atomic mass is 32.2. The summed E-state index contributed by atoms with van der Waals surface area (Å²) in [4.78, 5) is -0.239. The zero-order valence-corrected chi connectivity index (χ0v) is 14.4. The lowest BCUT2D eigenvalue weighted by Crippen LogP contribution is -1.98. The van der Waals surface area contributed by atoms with E-state index >= 15 is 0 Å². The van der Waals surface area contributed by atoms with E-state index in [0.29, 0.717) is 5.75 Å². The van der Waals surface area contributed by atoms with Crippen LogP contribution in [0.1, 0.15) is 38.2 Å². The van der Waals surface area contributed by atoms with Gasteiger partial charge >= 0.3 is 0 Å². The van der Waals surface area contributed by atoms with Crippen molar-refractivity contribution in [1.82, 2.24) is 0 Å². The molecule has 24 heavy (non-hydrogen) atoms. The van der Waals surface area contributed by atoms with Crippen molar-refractivity contribution < 1.29 is 22.8 Å². The number of rotatable bonds is 8. The average Bonchev–Trinajstić information content (AvgIpc) is 2.53. The van der Waals surface area contributed by atoms with Crippen LogP contribution in [-0.2, 0) is 16.5 Å². The van der Waals surface area contributed by atoms with Crippen LogP contribution >= 0.6 is 0 Å². The Kier molecular flexibility index (Phi) is 6.23. The second kappa shape index (κ2) is 8.17. The van der Waals surface area contributed by atoms with Gasteiger partial charge in [-0.2, -0.15) is 8.42 Å². The second-order valence-corrected chi connectivity index (χ2v) is 7.07. The molecule has 2 N–H and O–H groups in total. The summed E-state index contributed by atoms with van der Waals surface area (Å²) in [6, 6.07) is 10.6. The molecule has 130 valence electrons. The zero-order chi connectivity index (χ0) is 17.6. The Morgan fingerprint density at radius 1 is 1.00 bits per heavy atom. The Balaban J connectivity index is 2.07. The first kappa shape index (κ1) is 18.3. The van der Waals surface area contributed by atoms with Gasteiger partial charge in [0.05, 0.1) is 4.90 Å². The normalized spacial score (nSPS) is 11.4. The van der Waals surface area contributed by atoms with Crippen LogP contribution in [0, 0.1) is 0 Å². The van der Waals surface area contributed by atoms with Crippen LogP contribution in [0.4, 0.5) is 0 Å². The van der Waals surface area contributed by atoms with Crippen molar-refractivity contribution in [3.05, 3.63) is 48.0 Å². The molecule has 6 heteroatoms. The summed E-state index contributed by atoms with van der Waals surface area (Å²) in [6.07, 6.45) is 5.33. The summed E-state index contributed by atoms with van der Waals surface area (Å²) in [7, 11) is -4.28. The number of ether oxygens (including phenoxy) is 1. The highest BCUT2D eigenvalue weighted by Crippen LogP contribution is 2.29. The van der Waals surface area contributed by atoms with E-state index in [1.165, 1.54) is 37.1 Å². The molecule has 5 nitrogen and oxygen atoms in total. The fourth-order valence-electron chi connectivity index (χ4n) is 2.40. The summed E-state index contributed by atoms with van der Waals surface area (Å²) >= 11 is 0. The molecule has 2 rings (SSSR count). The van der Waals surface area contributed by atoms with Crippen molar-refractivity contribution in [3.8, 4) is 17.2 Å². The van der Waals surface area contributed by atoms with Gasteiger partial charge in [0.2, 0.25) is 0 Å². The number of phenols is 1. The lowest BCUT2D eigenvalue weighted by molar-refractivity contribution is 0.447. The Morgan fingerprint density at radius 2 is 1.75 bits per heavy atom. The van der Waals surface area contributed by atoms with Crippen molar-refractivity contribution in [3.63, 3.8) is 0 Å². The first-order valence-electron chi connectivity index (χ1n) is 7.97. The van der Waals surface area contributed by atoms with E-state index in [0.717, 1.165) is 24.8 Å². The van der Waals surface area contributed by atoms with Crippen LogP contribution < -0.4 is 4.74 Å². The lowest BCUT2D eigenvalue weighted by Gasteiger charge is -2.10. The highest BCUT2D eigenvalue weighted by Gasteiger charge is 2.11. The van der Waals surface area contributed by atoms with Gasteiger partial charge in [0.25, 0.3) is 10.1 Å². The Labute approximate surface area is 142 Å². The highest BCUT2D eigenvalue weighted by molar-refractivity contribution is 7.85. The molecule has 0 saturated carbocycles. The number of phenolic OH excluding ortho intramolecular Hbond substituents is 1. The number of aryl methyl sites for hydroxylation is 1. The Bertz CT molecular complexity index is 784. The largest absolute Gasteiger partial charge is 0.508 e. The van der Waals surface area contributed by atoms with E-state index in [9.17, 15) is 13.5 Å². The third-order valence-corrected chi connectivity index (χ3v) is 4.55. The molecule has 0 unspecified atom stereocenters. The first-order valence-corrected chi connectivity index (χ1v) is 9.41. The van der Waals surface area contributed by atoms with Crippen molar-refractivity contribution in [2.24, 2.45) is 0 Å². The lowest BCUT2D eigenvalue weighted by atomic mass is 10.1. The van der Waals surface area contributed by atoms with Gasteiger partial charge in [-0.25, -0.2) is 0 Å². The standard InChI is InChI=1S/C18H22O5S/c1-2-3-4-5-7-14-10-11-16(13-18(14)19)23-15-8-6-9-17(12-15)24(20,21)22/h6,8-13,19H,2-5,7H2,1H3,(H,20,21,22). The Hall–Kier alpha value is -2.05. The fourth-order valence-corrected chi connectivity index (χ4v) is 2.91. The molecule has 2 aromatic rings. The number of hydrogen-bond acceptors (Lipinski definition) is 4. The quantitative estimate of drug-likeness (QED) is 0.539. The van der Waals surface area contributed by atoms with Gasteiger partial charge in [0, 0.05) is 12.1 Å². The predicted molar refractivity (Wildman–Crippen MR) is 92.3 cm³/mol. The number of hydrogen-bond donors (Lipinski definition) is 2. The maximum absolute atomic E-state index is 11.1. The third kappa shape index (κ3) is 5.25. The fraction of sp³-hybridized carbons (Fsp3) is 0.333. The minimum absolute atomic E-state index is 0.162. The minimum Gasteiger partial charge on any atom is -0.508 e. The van der Waals surface area contributed by atoms with Gasteiger partial charge < -0.3 is 9.84 Å². The molecule has 0 aliphatic heterocycles. The average molecular weight is 350 g/mol. The Morgan fingerprint density at radius 3 is 2.42 bits per heavy atom. The van der Waals surface area contributed by atoms with Gasteiger partial charge in [-0.1, -0.05) is 38.3 Å². The van der Waals surface area contributed by atoms with Crippen molar-refractivity contribution in [1.29, 1.82) is 0 Å². The van der Waals surface area contributed by atoms with Gasteiger partial charge in [-0.3, -0.25) is 4.55 Å². The van der Waals surface area contributed by atoms with Gasteiger partial charge in [-0.05, 0) is 36.6 Å². The molecule has 0 aliphatic rings. The summed E-state index contributed by atoms with van der Waals surface area (Å²) in [5, 5.41) is 10.1. The molecule has 0 spiro atoms. The molecule has 0 heterocycles. The molecule has 0 fully saturated rings. The monoisotopic (exact) mass is 350 g/mol. The van der Waals surface area contributed by atoms with Crippen LogP contribution in [0.2, 0.25) is 0 Å². The number of benzene rings is 2. The van der Waals surface area contributed by atoms with Crippen LogP contribution in [0.5, 0.6) is 17.2 Å². The molecular formula is C18H22O5S. The van der Waals surface area contributed by atoms with Crippen LogP contribution in [0.3, 0.4) is 0 Å². The molecule has 0 aliphatic carbocycles. The molecule has 0 bridgehead atoms. The van der Waals surface area contributed by atoms with E-state index in [1.54, 1.807) is 12.1 Å². The zero-order valence-electron chi connectivity index (χ0n) is 13.6. The summed E-state index contributed by atoms with van der Waals surface area (Å²) in [5.41, 5.74) is 0.866. The topological polar surface area (TPSA) is 83.8 Å². The van der Waals surface area contributed by atoms with Gasteiger partial charge in [-0.15, -0.1) is 0 Å². The van der Waals surface area contributed by atoms with Crippen molar-refractivity contribution in [2.75, 3.05) is 0 Å². The number of aromatic hydroxyl groups is 1. The maximum atomic E-state index is 11.1. The van der Waals surface area contributed by atoms with E-state index in [2.05, 4.69) is 6.92 Å². The van der Waals surface area contributed by atoms with Crippen LogP contribution in [0.15, 0.2) is 47.4 Å². The smallest absolute Gasteiger partial charge is 0.294 e. The van der Waals surface area contributed by atoms with E-state index in [4.69, 9.17) is 9.29 Å². The predicted octanol–water partition coefficient (Wildman–Crippen LogP) is 4.55. The van der Waals surface area contributed by atoms with Crippen LogP contribution in [0.25, 0.3) is 0 Å². The van der Waals surface area contributed by atoms with Gasteiger partial charge in [0.1, 0.15) is 17.2 Å². The van der Waals surface area contributed by atoms with E-state index in [-0.39, 0.29) is 16.4 Å². The SMILES string of the molecule is CCCCCCc1ccc(Oc2cccc(S(=O)(=O)O)c2)cc1O. The molecule has 0 amide bonds. The summed E-state index contributed by atoms with van der Waals surface area (Å²) < 4.78 is 36.9. The molecule has 0 aromatic heterocycles.